The van der Waals surface area contributed by atoms with E-state index in [4.69, 9.17) is 8.85 Å². The highest BCUT2D eigenvalue weighted by molar-refractivity contribution is 6.70. The zero-order valence-corrected chi connectivity index (χ0v) is 26.7. The van der Waals surface area contributed by atoms with Crippen LogP contribution in [0.4, 0.5) is 0 Å². The molecule has 1 rings (SSSR count). The molecule has 0 spiro atoms. The Labute approximate surface area is 214 Å². The van der Waals surface area contributed by atoms with E-state index in [1.807, 2.05) is 0 Å². The van der Waals surface area contributed by atoms with Crippen LogP contribution in [0, 0.1) is 0 Å². The summed E-state index contributed by atoms with van der Waals surface area (Å²) in [5, 5.41) is 0. The molecule has 2 unspecified atom stereocenters. The molecule has 198 valence electrons. The topological polar surface area (TPSA) is 24.9 Å². The van der Waals surface area contributed by atoms with Crippen LogP contribution in [0.2, 0.25) is 39.3 Å². The van der Waals surface area contributed by atoms with Crippen LogP contribution in [0.1, 0.15) is 78.4 Å². The molecule has 4 nitrogen and oxygen atoms in total. The first-order valence-corrected chi connectivity index (χ1v) is 20.5. The molecule has 6 heteroatoms. The van der Waals surface area contributed by atoms with Crippen molar-refractivity contribution in [1.82, 2.24) is 9.80 Å². The van der Waals surface area contributed by atoms with Crippen LogP contribution in [-0.4, -0.2) is 52.6 Å². The Kier molecular flexibility index (Phi) is 12.2. The van der Waals surface area contributed by atoms with Gasteiger partial charge in [-0.3, -0.25) is 9.80 Å². The Hall–Kier alpha value is -0.506. The molecule has 0 radical (unpaired) electrons. The molecule has 0 saturated carbocycles. The van der Waals surface area contributed by atoms with Crippen molar-refractivity contribution in [3.05, 3.63) is 35.4 Å². The van der Waals surface area contributed by atoms with Gasteiger partial charge in [-0.05, 0) is 96.0 Å². The summed E-state index contributed by atoms with van der Waals surface area (Å²) in [5.74, 6) is 0. The lowest BCUT2D eigenvalue weighted by atomic mass is 9.94. The van der Waals surface area contributed by atoms with Crippen LogP contribution in [0.5, 0.6) is 0 Å². The summed E-state index contributed by atoms with van der Waals surface area (Å²) in [6.07, 6.45) is 4.45. The van der Waals surface area contributed by atoms with Crippen molar-refractivity contribution in [2.75, 3.05) is 26.2 Å². The third-order valence-corrected chi connectivity index (χ3v) is 8.14. The average molecular weight is 509 g/mol. The Morgan fingerprint density at radius 2 is 0.912 bits per heavy atom. The molecule has 0 heterocycles. The fraction of sp³-hybridized carbons (Fsp3) is 0.786. The maximum absolute atomic E-state index is 7.02. The lowest BCUT2D eigenvalue weighted by Crippen LogP contribution is -2.53. The van der Waals surface area contributed by atoms with E-state index in [-0.39, 0.29) is 0 Å². The minimum atomic E-state index is -1.82. The van der Waals surface area contributed by atoms with E-state index in [2.05, 4.69) is 115 Å². The first-order valence-electron chi connectivity index (χ1n) is 13.7. The van der Waals surface area contributed by atoms with Crippen LogP contribution in [0.25, 0.3) is 0 Å². The largest absolute Gasteiger partial charge is 0.396 e. The Bertz CT molecular complexity index is 663. The second kappa shape index (κ2) is 13.2. The van der Waals surface area contributed by atoms with Gasteiger partial charge in [-0.25, -0.2) is 0 Å². The average Bonchev–Trinajstić information content (AvgIpc) is 2.71. The van der Waals surface area contributed by atoms with Crippen molar-refractivity contribution in [2.24, 2.45) is 0 Å². The first kappa shape index (κ1) is 31.5. The fourth-order valence-electron chi connectivity index (χ4n) is 5.06. The third kappa shape index (κ3) is 8.86. The Morgan fingerprint density at radius 3 is 1.15 bits per heavy atom. The standard InChI is InChI=1S/C28H56N2O2Si2/c1-13-20-29(21-14-2)27(5,31-33(7,8)9)25-18-17-19-26(24-25)28(6,32-34(10,11)12)30(22-15-3)23-16-4/h17-19,24H,13-16,20-23H2,1-12H3. The maximum atomic E-state index is 7.02. The van der Waals surface area contributed by atoms with E-state index in [1.54, 1.807) is 0 Å². The minimum Gasteiger partial charge on any atom is -0.396 e. The van der Waals surface area contributed by atoms with Gasteiger partial charge < -0.3 is 8.85 Å². The minimum absolute atomic E-state index is 0.451. The van der Waals surface area contributed by atoms with Gasteiger partial charge in [-0.15, -0.1) is 0 Å². The molecule has 0 aromatic heterocycles. The van der Waals surface area contributed by atoms with E-state index in [0.717, 1.165) is 51.9 Å². The smallest absolute Gasteiger partial charge is 0.186 e. The van der Waals surface area contributed by atoms with Gasteiger partial charge in [0.15, 0.2) is 16.6 Å². The van der Waals surface area contributed by atoms with Crippen molar-refractivity contribution in [2.45, 2.75) is 118 Å². The summed E-state index contributed by atoms with van der Waals surface area (Å²) in [4.78, 5) is 5.11. The van der Waals surface area contributed by atoms with Crippen LogP contribution >= 0.6 is 0 Å². The summed E-state index contributed by atoms with van der Waals surface area (Å²) in [5.41, 5.74) is 1.58. The number of benzene rings is 1. The zero-order valence-electron chi connectivity index (χ0n) is 24.7. The molecule has 0 aliphatic carbocycles. The van der Waals surface area contributed by atoms with Gasteiger partial charge in [0.1, 0.15) is 11.4 Å². The van der Waals surface area contributed by atoms with Gasteiger partial charge in [-0.1, -0.05) is 45.9 Å². The highest BCUT2D eigenvalue weighted by atomic mass is 28.4. The van der Waals surface area contributed by atoms with Crippen molar-refractivity contribution in [3.63, 3.8) is 0 Å². The van der Waals surface area contributed by atoms with Crippen LogP contribution in [0.3, 0.4) is 0 Å². The predicted octanol–water partition coefficient (Wildman–Crippen LogP) is 7.98. The summed E-state index contributed by atoms with van der Waals surface area (Å²) >= 11 is 0. The summed E-state index contributed by atoms with van der Waals surface area (Å²) in [6.45, 7) is 31.6. The second-order valence-corrected chi connectivity index (χ2v) is 20.8. The molecule has 0 fully saturated rings. The SMILES string of the molecule is CCCN(CCC)C(C)(O[Si](C)(C)C)c1cccc(C(C)(O[Si](C)(C)C)N(CCC)CCC)c1. The molecule has 0 amide bonds. The van der Waals surface area contributed by atoms with Crippen LogP contribution in [-0.2, 0) is 20.3 Å². The third-order valence-electron chi connectivity index (χ3n) is 6.12. The van der Waals surface area contributed by atoms with Gasteiger partial charge in [0.05, 0.1) is 0 Å². The van der Waals surface area contributed by atoms with E-state index in [0.29, 0.717) is 0 Å². The second-order valence-electron chi connectivity index (χ2n) is 11.9. The molecule has 0 aliphatic rings. The molecule has 0 N–H and O–H groups in total. The van der Waals surface area contributed by atoms with Gasteiger partial charge in [0.2, 0.25) is 0 Å². The van der Waals surface area contributed by atoms with E-state index in [9.17, 15) is 0 Å². The molecule has 0 saturated heterocycles. The predicted molar refractivity (Wildman–Crippen MR) is 154 cm³/mol. The lowest BCUT2D eigenvalue weighted by molar-refractivity contribution is -0.0898. The normalized spacial score (nSPS) is 16.6. The van der Waals surface area contributed by atoms with E-state index < -0.39 is 28.1 Å². The summed E-state index contributed by atoms with van der Waals surface area (Å²) in [7, 11) is -3.64. The first-order chi connectivity index (χ1) is 15.7. The number of hydrogen-bond acceptors (Lipinski definition) is 4. The van der Waals surface area contributed by atoms with Crippen LogP contribution in [0.15, 0.2) is 24.3 Å². The molecule has 2 atom stereocenters. The fourth-order valence-corrected chi connectivity index (χ4v) is 7.94. The van der Waals surface area contributed by atoms with E-state index >= 15 is 0 Å². The zero-order chi connectivity index (χ0) is 26.2. The number of nitrogens with zero attached hydrogens (tertiary/aromatic N) is 2. The molecule has 1 aromatic carbocycles. The van der Waals surface area contributed by atoms with Crippen molar-refractivity contribution >= 4 is 16.6 Å². The van der Waals surface area contributed by atoms with Crippen molar-refractivity contribution in [1.29, 1.82) is 0 Å². The van der Waals surface area contributed by atoms with E-state index in [1.165, 1.54) is 11.1 Å². The molecule has 0 bridgehead atoms. The number of hydrogen-bond donors (Lipinski definition) is 0. The van der Waals surface area contributed by atoms with Gasteiger partial charge in [0.25, 0.3) is 0 Å². The van der Waals surface area contributed by atoms with Crippen molar-refractivity contribution in [3.8, 4) is 0 Å². The molecular weight excluding hydrogens is 452 g/mol. The summed E-state index contributed by atoms with van der Waals surface area (Å²) < 4.78 is 14.0. The van der Waals surface area contributed by atoms with Crippen molar-refractivity contribution < 1.29 is 8.85 Å². The quantitative estimate of drug-likeness (QED) is 0.167. The van der Waals surface area contributed by atoms with Gasteiger partial charge in [-0.2, -0.15) is 0 Å². The van der Waals surface area contributed by atoms with Gasteiger partial charge in [0, 0.05) is 26.2 Å². The highest BCUT2D eigenvalue weighted by Gasteiger charge is 2.42. The maximum Gasteiger partial charge on any atom is 0.186 e. The molecule has 0 aliphatic heterocycles. The highest BCUT2D eigenvalue weighted by Crippen LogP contribution is 2.39. The Balaban J connectivity index is 3.73. The molecule has 34 heavy (non-hydrogen) atoms. The number of rotatable bonds is 16. The summed E-state index contributed by atoms with van der Waals surface area (Å²) in [6, 6.07) is 9.13. The monoisotopic (exact) mass is 508 g/mol. The van der Waals surface area contributed by atoms with Crippen LogP contribution < -0.4 is 0 Å². The van der Waals surface area contributed by atoms with Gasteiger partial charge >= 0.3 is 0 Å². The Morgan fingerprint density at radius 1 is 0.618 bits per heavy atom. The molecule has 1 aromatic rings. The lowest BCUT2D eigenvalue weighted by Gasteiger charge is -2.47. The molecular formula is C28H56N2O2Si2.